The van der Waals surface area contributed by atoms with Gasteiger partial charge in [-0.2, -0.15) is 5.10 Å². The first-order valence-corrected chi connectivity index (χ1v) is 8.51. The van der Waals surface area contributed by atoms with E-state index in [1.165, 1.54) is 6.08 Å². The van der Waals surface area contributed by atoms with Crippen molar-refractivity contribution in [1.29, 1.82) is 0 Å². The summed E-state index contributed by atoms with van der Waals surface area (Å²) in [5.41, 5.74) is 1.35. The van der Waals surface area contributed by atoms with Gasteiger partial charge in [0, 0.05) is 11.5 Å². The monoisotopic (exact) mass is 400 g/mol. The highest BCUT2D eigenvalue weighted by atomic mass is 79.9. The van der Waals surface area contributed by atoms with Crippen LogP contribution in [0.3, 0.4) is 0 Å². The molecule has 5 nitrogen and oxygen atoms in total. The molecule has 0 saturated carbocycles. The zero-order valence-corrected chi connectivity index (χ0v) is 15.5. The number of allylic oxidation sites excluding steroid dienone is 1. The minimum absolute atomic E-state index is 0.119. The number of halogens is 1. The topological polar surface area (TPSA) is 57.3 Å². The Kier molecular flexibility index (Phi) is 5.19. The summed E-state index contributed by atoms with van der Waals surface area (Å²) in [6, 6.07) is 13.0. The molecule has 25 heavy (non-hydrogen) atoms. The third-order valence-electron chi connectivity index (χ3n) is 3.51. The Balaban J connectivity index is 1.61. The molecule has 1 aromatic carbocycles. The Morgan fingerprint density at radius 3 is 2.88 bits per heavy atom. The average Bonchev–Trinajstić information content (AvgIpc) is 3.17. The van der Waals surface area contributed by atoms with Crippen LogP contribution in [-0.4, -0.2) is 15.6 Å². The summed E-state index contributed by atoms with van der Waals surface area (Å²) in [5.74, 6) is 1.92. The van der Waals surface area contributed by atoms with Crippen molar-refractivity contribution in [3.05, 3.63) is 75.9 Å². The predicted molar refractivity (Wildman–Crippen MR) is 98.5 cm³/mol. The van der Waals surface area contributed by atoms with Gasteiger partial charge in [0.25, 0.3) is 0 Å². The van der Waals surface area contributed by atoms with Crippen LogP contribution in [0.5, 0.6) is 5.75 Å². The van der Waals surface area contributed by atoms with E-state index in [1.807, 2.05) is 37.3 Å². The van der Waals surface area contributed by atoms with E-state index < -0.39 is 0 Å². The highest BCUT2D eigenvalue weighted by molar-refractivity contribution is 9.10. The molecule has 0 atom stereocenters. The standard InChI is InChI=1S/C19H17BrN2O3/c1-13-10-18(22(2)21-13)19(23)9-8-15-6-7-17(25-15)12-24-16-5-3-4-14(20)11-16/h3-11H,12H2,1-2H3/b9-8+. The number of nitrogens with zero attached hydrogens (tertiary/aromatic N) is 2. The van der Waals surface area contributed by atoms with Crippen LogP contribution >= 0.6 is 15.9 Å². The number of hydrogen-bond donors (Lipinski definition) is 0. The Morgan fingerprint density at radius 2 is 2.16 bits per heavy atom. The Bertz CT molecular complexity index is 924. The minimum Gasteiger partial charge on any atom is -0.486 e. The van der Waals surface area contributed by atoms with Crippen molar-refractivity contribution in [1.82, 2.24) is 9.78 Å². The van der Waals surface area contributed by atoms with Crippen LogP contribution in [0, 0.1) is 6.92 Å². The van der Waals surface area contributed by atoms with E-state index in [9.17, 15) is 4.79 Å². The SMILES string of the molecule is Cc1cc(C(=O)/C=C/c2ccc(COc3cccc(Br)c3)o2)n(C)n1. The quantitative estimate of drug-likeness (QED) is 0.449. The lowest BCUT2D eigenvalue weighted by molar-refractivity contribution is 0.103. The molecule has 3 aromatic rings. The molecule has 6 heteroatoms. The highest BCUT2D eigenvalue weighted by Crippen LogP contribution is 2.19. The van der Waals surface area contributed by atoms with Crippen molar-refractivity contribution in [3.63, 3.8) is 0 Å². The minimum atomic E-state index is -0.119. The number of aromatic nitrogens is 2. The zero-order valence-electron chi connectivity index (χ0n) is 13.9. The molecule has 0 aliphatic rings. The van der Waals surface area contributed by atoms with E-state index in [2.05, 4.69) is 21.0 Å². The number of hydrogen-bond acceptors (Lipinski definition) is 4. The number of rotatable bonds is 6. The maximum Gasteiger partial charge on any atom is 0.203 e. The van der Waals surface area contributed by atoms with E-state index in [-0.39, 0.29) is 5.78 Å². The lowest BCUT2D eigenvalue weighted by Crippen LogP contribution is -2.03. The van der Waals surface area contributed by atoms with Gasteiger partial charge in [0.15, 0.2) is 0 Å². The van der Waals surface area contributed by atoms with Gasteiger partial charge in [-0.25, -0.2) is 0 Å². The van der Waals surface area contributed by atoms with Gasteiger partial charge in [-0.15, -0.1) is 0 Å². The molecule has 0 fully saturated rings. The van der Waals surface area contributed by atoms with Gasteiger partial charge in [-0.3, -0.25) is 9.48 Å². The van der Waals surface area contributed by atoms with Crippen molar-refractivity contribution in [3.8, 4) is 5.75 Å². The van der Waals surface area contributed by atoms with Gasteiger partial charge in [0.05, 0.1) is 5.69 Å². The van der Waals surface area contributed by atoms with Gasteiger partial charge in [0.2, 0.25) is 5.78 Å². The number of ether oxygens (including phenoxy) is 1. The molecule has 0 unspecified atom stereocenters. The van der Waals surface area contributed by atoms with Crippen LogP contribution in [0.4, 0.5) is 0 Å². The second-order valence-electron chi connectivity index (χ2n) is 5.54. The van der Waals surface area contributed by atoms with Crippen LogP contribution in [0.15, 0.2) is 57.4 Å². The molecular weight excluding hydrogens is 384 g/mol. The number of carbonyl (C=O) groups is 1. The highest BCUT2D eigenvalue weighted by Gasteiger charge is 2.09. The summed E-state index contributed by atoms with van der Waals surface area (Å²) >= 11 is 3.40. The van der Waals surface area contributed by atoms with Crippen molar-refractivity contribution < 1.29 is 13.9 Å². The number of ketones is 1. The van der Waals surface area contributed by atoms with Crippen LogP contribution in [0.1, 0.15) is 27.7 Å². The number of carbonyl (C=O) groups excluding carboxylic acids is 1. The first-order valence-electron chi connectivity index (χ1n) is 7.71. The lowest BCUT2D eigenvalue weighted by Gasteiger charge is -2.04. The number of aryl methyl sites for hydroxylation is 2. The molecule has 0 amide bonds. The van der Waals surface area contributed by atoms with Gasteiger partial charge in [-0.05, 0) is 55.5 Å². The molecule has 0 bridgehead atoms. The van der Waals surface area contributed by atoms with Gasteiger partial charge < -0.3 is 9.15 Å². The molecule has 0 saturated heterocycles. The van der Waals surface area contributed by atoms with E-state index >= 15 is 0 Å². The smallest absolute Gasteiger partial charge is 0.203 e. The summed E-state index contributed by atoms with van der Waals surface area (Å²) in [6.07, 6.45) is 3.13. The Morgan fingerprint density at radius 1 is 1.32 bits per heavy atom. The average molecular weight is 401 g/mol. The summed E-state index contributed by atoms with van der Waals surface area (Å²) in [5, 5.41) is 4.17. The largest absolute Gasteiger partial charge is 0.486 e. The predicted octanol–water partition coefficient (Wildman–Crippen LogP) is 4.56. The molecule has 2 heterocycles. The molecule has 0 aliphatic heterocycles. The van der Waals surface area contributed by atoms with Crippen LogP contribution in [0.2, 0.25) is 0 Å². The lowest BCUT2D eigenvalue weighted by atomic mass is 10.2. The molecule has 3 rings (SSSR count). The molecule has 0 N–H and O–H groups in total. The molecule has 2 aromatic heterocycles. The molecule has 0 aliphatic carbocycles. The van der Waals surface area contributed by atoms with Crippen LogP contribution in [0.25, 0.3) is 6.08 Å². The Hall–Kier alpha value is -2.60. The van der Waals surface area contributed by atoms with Crippen molar-refractivity contribution in [2.45, 2.75) is 13.5 Å². The van der Waals surface area contributed by atoms with E-state index in [1.54, 1.807) is 29.9 Å². The summed E-state index contributed by atoms with van der Waals surface area (Å²) < 4.78 is 13.9. The first-order chi connectivity index (χ1) is 12.0. The maximum absolute atomic E-state index is 12.2. The van der Waals surface area contributed by atoms with E-state index in [0.717, 1.165) is 15.9 Å². The fourth-order valence-electron chi connectivity index (χ4n) is 2.36. The molecular formula is C19H17BrN2O3. The molecule has 128 valence electrons. The number of benzene rings is 1. The summed E-state index contributed by atoms with van der Waals surface area (Å²) in [7, 11) is 1.75. The second kappa shape index (κ2) is 7.53. The van der Waals surface area contributed by atoms with Gasteiger partial charge in [0.1, 0.15) is 29.6 Å². The van der Waals surface area contributed by atoms with E-state index in [0.29, 0.717) is 23.8 Å². The fraction of sp³-hybridized carbons (Fsp3) is 0.158. The molecule has 0 radical (unpaired) electrons. The Labute approximate surface area is 154 Å². The summed E-state index contributed by atoms with van der Waals surface area (Å²) in [6.45, 7) is 2.17. The maximum atomic E-state index is 12.2. The summed E-state index contributed by atoms with van der Waals surface area (Å²) in [4.78, 5) is 12.2. The van der Waals surface area contributed by atoms with Crippen LogP contribution in [-0.2, 0) is 13.7 Å². The van der Waals surface area contributed by atoms with E-state index in [4.69, 9.17) is 9.15 Å². The third-order valence-corrected chi connectivity index (χ3v) is 4.01. The fourth-order valence-corrected chi connectivity index (χ4v) is 2.74. The molecule has 0 spiro atoms. The van der Waals surface area contributed by atoms with Crippen LogP contribution < -0.4 is 4.74 Å². The van der Waals surface area contributed by atoms with Crippen molar-refractivity contribution in [2.75, 3.05) is 0 Å². The van der Waals surface area contributed by atoms with Gasteiger partial charge >= 0.3 is 0 Å². The number of furan rings is 1. The van der Waals surface area contributed by atoms with Crippen molar-refractivity contribution >= 4 is 27.8 Å². The third kappa shape index (κ3) is 4.48. The second-order valence-corrected chi connectivity index (χ2v) is 6.46. The normalized spacial score (nSPS) is 11.2. The van der Waals surface area contributed by atoms with Gasteiger partial charge in [-0.1, -0.05) is 22.0 Å². The zero-order chi connectivity index (χ0) is 17.8. The van der Waals surface area contributed by atoms with Crippen molar-refractivity contribution in [2.24, 2.45) is 7.05 Å². The first kappa shape index (κ1) is 17.2.